The number of alkyl halides is 3. The minimum absolute atomic E-state index is 0.0890. The van der Waals surface area contributed by atoms with Crippen molar-refractivity contribution in [2.45, 2.75) is 39.0 Å². The third-order valence-corrected chi connectivity index (χ3v) is 6.18. The number of benzene rings is 1. The number of hydrogen-bond donors (Lipinski definition) is 1. The van der Waals surface area contributed by atoms with Gasteiger partial charge in [-0.05, 0) is 62.2 Å². The Morgan fingerprint density at radius 3 is 2.70 bits per heavy atom. The van der Waals surface area contributed by atoms with E-state index in [0.29, 0.717) is 35.8 Å². The highest BCUT2D eigenvalue weighted by Crippen LogP contribution is 2.29. The van der Waals surface area contributed by atoms with Gasteiger partial charge in [0.25, 0.3) is 5.91 Å². The smallest absolute Gasteiger partial charge is 0.383 e. The van der Waals surface area contributed by atoms with Crippen LogP contribution in [0.3, 0.4) is 0 Å². The number of anilines is 1. The molecule has 1 saturated heterocycles. The van der Waals surface area contributed by atoms with Crippen molar-refractivity contribution in [3.63, 3.8) is 0 Å². The number of aryl methyl sites for hydroxylation is 1. The first-order chi connectivity index (χ1) is 15.6. The van der Waals surface area contributed by atoms with Gasteiger partial charge in [-0.15, -0.1) is 0 Å². The zero-order valence-corrected chi connectivity index (χ0v) is 18.4. The molecular weight excluding hydrogens is 433 g/mol. The first-order valence-electron chi connectivity index (χ1n) is 10.7. The van der Waals surface area contributed by atoms with Crippen LogP contribution in [0.1, 0.15) is 40.5 Å². The lowest BCUT2D eigenvalue weighted by molar-refractivity contribution is -0.137. The molecule has 0 aliphatic carbocycles. The molecule has 1 aliphatic heterocycles. The number of hydrogen-bond acceptors (Lipinski definition) is 5. The molecule has 3 aromatic rings. The number of carbonyl (C=O) groups excluding carboxylic acids is 1. The number of rotatable bonds is 5. The molecule has 3 heterocycles. The molecule has 33 heavy (non-hydrogen) atoms. The monoisotopic (exact) mass is 458 g/mol. The highest BCUT2D eigenvalue weighted by molar-refractivity contribution is 5.98. The molecule has 0 bridgehead atoms. The second kappa shape index (κ2) is 8.97. The summed E-state index contributed by atoms with van der Waals surface area (Å²) in [5, 5.41) is 0.789. The van der Waals surface area contributed by atoms with Gasteiger partial charge >= 0.3 is 6.18 Å². The van der Waals surface area contributed by atoms with E-state index < -0.39 is 11.7 Å². The van der Waals surface area contributed by atoms with Crippen LogP contribution in [0.15, 0.2) is 42.6 Å². The molecule has 9 heteroatoms. The predicted octanol–water partition coefficient (Wildman–Crippen LogP) is 4.61. The van der Waals surface area contributed by atoms with Crippen molar-refractivity contribution < 1.29 is 22.7 Å². The molecule has 1 aliphatic rings. The van der Waals surface area contributed by atoms with E-state index >= 15 is 0 Å². The van der Waals surface area contributed by atoms with Crippen LogP contribution in [0.4, 0.5) is 19.0 Å². The molecule has 2 aromatic heterocycles. The van der Waals surface area contributed by atoms with Gasteiger partial charge in [0.15, 0.2) is 0 Å². The molecule has 0 spiro atoms. The Kier molecular flexibility index (Phi) is 6.25. The maximum Gasteiger partial charge on any atom is 0.417 e. The van der Waals surface area contributed by atoms with Crippen molar-refractivity contribution in [2.24, 2.45) is 5.92 Å². The Balaban J connectivity index is 1.66. The van der Waals surface area contributed by atoms with Crippen molar-refractivity contribution in [1.29, 1.82) is 0 Å². The zero-order chi connectivity index (χ0) is 23.8. The van der Waals surface area contributed by atoms with Crippen molar-refractivity contribution in [2.75, 3.05) is 18.9 Å². The average molecular weight is 458 g/mol. The van der Waals surface area contributed by atoms with Crippen molar-refractivity contribution in [3.05, 3.63) is 65.0 Å². The number of amides is 1. The number of nitrogen functional groups attached to an aromatic ring is 1. The van der Waals surface area contributed by atoms with Gasteiger partial charge in [0.2, 0.25) is 0 Å². The Hall–Kier alpha value is -3.20. The Labute approximate surface area is 189 Å². The van der Waals surface area contributed by atoms with Crippen LogP contribution in [-0.2, 0) is 17.5 Å². The van der Waals surface area contributed by atoms with E-state index in [2.05, 4.69) is 9.97 Å². The Morgan fingerprint density at radius 1 is 1.27 bits per heavy atom. The van der Waals surface area contributed by atoms with Gasteiger partial charge in [-0.3, -0.25) is 9.78 Å². The molecule has 6 nitrogen and oxygen atoms in total. The molecule has 2 atom stereocenters. The molecule has 174 valence electrons. The Morgan fingerprint density at radius 2 is 2.06 bits per heavy atom. The van der Waals surface area contributed by atoms with Crippen LogP contribution < -0.4 is 5.73 Å². The van der Waals surface area contributed by atoms with Crippen LogP contribution in [0.25, 0.3) is 10.9 Å². The fraction of sp³-hybridized carbons (Fsp3) is 0.375. The fourth-order valence-corrected chi connectivity index (χ4v) is 4.04. The molecule has 1 amide bonds. The normalized spacial score (nSPS) is 17.3. The molecule has 2 N–H and O–H groups in total. The van der Waals surface area contributed by atoms with Crippen LogP contribution in [0.2, 0.25) is 0 Å². The third-order valence-electron chi connectivity index (χ3n) is 6.18. The molecule has 4 rings (SSSR count). The van der Waals surface area contributed by atoms with E-state index in [1.807, 2.05) is 19.9 Å². The van der Waals surface area contributed by atoms with Crippen LogP contribution in [-0.4, -0.2) is 40.0 Å². The quantitative estimate of drug-likeness (QED) is 0.604. The van der Waals surface area contributed by atoms with Crippen molar-refractivity contribution in [3.8, 4) is 0 Å². The van der Waals surface area contributed by atoms with Gasteiger partial charge in [-0.1, -0.05) is 0 Å². The second-order valence-electron chi connectivity index (χ2n) is 8.43. The number of pyridine rings is 2. The summed E-state index contributed by atoms with van der Waals surface area (Å²) in [5.41, 5.74) is 7.41. The maximum absolute atomic E-state index is 13.6. The molecular formula is C24H25F3N4O2. The maximum atomic E-state index is 13.6. The Bertz CT molecular complexity index is 1160. The van der Waals surface area contributed by atoms with Crippen LogP contribution >= 0.6 is 0 Å². The lowest BCUT2D eigenvalue weighted by Crippen LogP contribution is -2.42. The molecule has 0 saturated carbocycles. The van der Waals surface area contributed by atoms with Crippen LogP contribution in [0, 0.1) is 12.8 Å². The van der Waals surface area contributed by atoms with E-state index in [4.69, 9.17) is 10.5 Å². The molecule has 0 radical (unpaired) electrons. The number of halogens is 3. The van der Waals surface area contributed by atoms with E-state index in [9.17, 15) is 18.0 Å². The van der Waals surface area contributed by atoms with Gasteiger partial charge in [-0.25, -0.2) is 4.98 Å². The fourth-order valence-electron chi connectivity index (χ4n) is 4.04. The summed E-state index contributed by atoms with van der Waals surface area (Å²) in [6.07, 6.45) is -2.85. The molecule has 1 aromatic carbocycles. The standard InChI is InChI=1S/C24H25F3N4O2/c1-14-9-18-10-16(3-6-21(18)30-22(14)28)23(32)31(15(2)17-7-8-33-13-17)12-20-5-4-19(11-29-20)24(25,26)27/h3-6,9-11,15,17H,7-8,12-13H2,1-2H3,(H2,28,30)/t15-,17+/m0/s1. The summed E-state index contributed by atoms with van der Waals surface area (Å²) < 4.78 is 44.2. The number of carbonyl (C=O) groups is 1. The van der Waals surface area contributed by atoms with Crippen molar-refractivity contribution in [1.82, 2.24) is 14.9 Å². The summed E-state index contributed by atoms with van der Waals surface area (Å²) >= 11 is 0. The largest absolute Gasteiger partial charge is 0.417 e. The van der Waals surface area contributed by atoms with Gasteiger partial charge in [-0.2, -0.15) is 13.2 Å². The van der Waals surface area contributed by atoms with E-state index in [0.717, 1.165) is 29.6 Å². The van der Waals surface area contributed by atoms with E-state index in [-0.39, 0.29) is 24.4 Å². The topological polar surface area (TPSA) is 81.3 Å². The number of aromatic nitrogens is 2. The van der Waals surface area contributed by atoms with Gasteiger partial charge in [0.1, 0.15) is 5.82 Å². The minimum Gasteiger partial charge on any atom is -0.383 e. The summed E-state index contributed by atoms with van der Waals surface area (Å²) in [6.45, 7) is 5.03. The lowest BCUT2D eigenvalue weighted by atomic mass is 9.97. The first kappa shape index (κ1) is 23.0. The minimum atomic E-state index is -4.46. The van der Waals surface area contributed by atoms with E-state index in [1.165, 1.54) is 6.07 Å². The average Bonchev–Trinajstić information content (AvgIpc) is 3.32. The third kappa shape index (κ3) is 4.93. The van der Waals surface area contributed by atoms with E-state index in [1.54, 1.807) is 23.1 Å². The molecule has 0 unspecified atom stereocenters. The summed E-state index contributed by atoms with van der Waals surface area (Å²) in [4.78, 5) is 23.6. The first-order valence-corrected chi connectivity index (χ1v) is 10.7. The van der Waals surface area contributed by atoms with Crippen molar-refractivity contribution >= 4 is 22.6 Å². The number of nitrogens with zero attached hydrogens (tertiary/aromatic N) is 3. The SMILES string of the molecule is Cc1cc2cc(C(=O)N(Cc3ccc(C(F)(F)F)cn3)[C@@H](C)[C@@H]3CCOC3)ccc2nc1N. The zero-order valence-electron chi connectivity index (χ0n) is 18.4. The van der Waals surface area contributed by atoms with Gasteiger partial charge in [0, 0.05) is 35.7 Å². The lowest BCUT2D eigenvalue weighted by Gasteiger charge is -2.32. The summed E-state index contributed by atoms with van der Waals surface area (Å²) in [7, 11) is 0. The predicted molar refractivity (Wildman–Crippen MR) is 118 cm³/mol. The summed E-state index contributed by atoms with van der Waals surface area (Å²) in [5.74, 6) is 0.339. The number of ether oxygens (including phenoxy) is 1. The second-order valence-corrected chi connectivity index (χ2v) is 8.43. The van der Waals surface area contributed by atoms with Gasteiger partial charge in [0.05, 0.1) is 29.9 Å². The summed E-state index contributed by atoms with van der Waals surface area (Å²) in [6, 6.07) is 9.20. The highest BCUT2D eigenvalue weighted by atomic mass is 19.4. The molecule has 1 fully saturated rings. The number of fused-ring (bicyclic) bond motifs is 1. The highest BCUT2D eigenvalue weighted by Gasteiger charge is 2.33. The van der Waals surface area contributed by atoms with Gasteiger partial charge < -0.3 is 15.4 Å². The van der Waals surface area contributed by atoms with Crippen LogP contribution in [0.5, 0.6) is 0 Å². The number of nitrogens with two attached hydrogens (primary N) is 1.